The lowest BCUT2D eigenvalue weighted by atomic mass is 10.2. The Labute approximate surface area is 130 Å². The number of halogens is 1. The van der Waals surface area contributed by atoms with Crippen LogP contribution in [0.1, 0.15) is 11.3 Å². The topological polar surface area (TPSA) is 46.0 Å². The fourth-order valence-electron chi connectivity index (χ4n) is 2.40. The normalized spacial score (nSPS) is 13.1. The van der Waals surface area contributed by atoms with Crippen molar-refractivity contribution in [1.29, 1.82) is 0 Å². The SMILES string of the molecule is Cc1cc(N2CCc3ccccc32)nc(N)[n+]1C.[I-]. The van der Waals surface area contributed by atoms with E-state index < -0.39 is 0 Å². The van der Waals surface area contributed by atoms with Crippen LogP contribution in [0.15, 0.2) is 30.3 Å². The van der Waals surface area contributed by atoms with Crippen LogP contribution in [-0.2, 0) is 13.5 Å². The molecule has 1 aliphatic rings. The molecule has 0 saturated carbocycles. The largest absolute Gasteiger partial charge is 1.00 e. The second-order valence-corrected chi connectivity index (χ2v) is 4.70. The van der Waals surface area contributed by atoms with Gasteiger partial charge in [0.2, 0.25) is 5.82 Å². The molecule has 1 aromatic heterocycles. The number of nitrogen functional groups attached to an aromatic ring is 1. The molecule has 0 spiro atoms. The first-order valence-electron chi connectivity index (χ1n) is 6.15. The molecule has 1 aromatic carbocycles. The Morgan fingerprint density at radius 3 is 2.79 bits per heavy atom. The molecule has 0 atom stereocenters. The molecule has 19 heavy (non-hydrogen) atoms. The van der Waals surface area contributed by atoms with Crippen molar-refractivity contribution in [3.63, 3.8) is 0 Å². The summed E-state index contributed by atoms with van der Waals surface area (Å²) in [5.41, 5.74) is 9.67. The van der Waals surface area contributed by atoms with Crippen LogP contribution < -0.4 is 39.2 Å². The van der Waals surface area contributed by atoms with E-state index in [1.165, 1.54) is 11.3 Å². The molecule has 4 nitrogen and oxygen atoms in total. The van der Waals surface area contributed by atoms with Gasteiger partial charge in [-0.2, -0.15) is 0 Å². The minimum absolute atomic E-state index is 0. The number of benzene rings is 1. The molecular formula is C14H17IN4. The summed E-state index contributed by atoms with van der Waals surface area (Å²) in [5.74, 6) is 1.49. The van der Waals surface area contributed by atoms with Gasteiger partial charge < -0.3 is 28.9 Å². The Bertz CT molecular complexity index is 589. The summed E-state index contributed by atoms with van der Waals surface area (Å²) in [6.07, 6.45) is 1.07. The monoisotopic (exact) mass is 368 g/mol. The van der Waals surface area contributed by atoms with Gasteiger partial charge in [-0.3, -0.25) is 5.73 Å². The lowest BCUT2D eigenvalue weighted by Crippen LogP contribution is -3.00. The van der Waals surface area contributed by atoms with Crippen molar-refractivity contribution >= 4 is 17.5 Å². The summed E-state index contributed by atoms with van der Waals surface area (Å²) >= 11 is 0. The number of anilines is 3. The van der Waals surface area contributed by atoms with Crippen LogP contribution in [0.2, 0.25) is 0 Å². The molecule has 0 radical (unpaired) electrons. The molecule has 2 N–H and O–H groups in total. The average molecular weight is 368 g/mol. The van der Waals surface area contributed by atoms with E-state index in [1.54, 1.807) is 0 Å². The molecule has 5 heteroatoms. The van der Waals surface area contributed by atoms with Crippen molar-refractivity contribution in [3.8, 4) is 0 Å². The van der Waals surface area contributed by atoms with Crippen molar-refractivity contribution < 1.29 is 28.5 Å². The zero-order valence-corrected chi connectivity index (χ0v) is 13.3. The summed E-state index contributed by atoms with van der Waals surface area (Å²) in [5, 5.41) is 0. The molecule has 2 heterocycles. The van der Waals surface area contributed by atoms with E-state index in [-0.39, 0.29) is 24.0 Å². The summed E-state index contributed by atoms with van der Waals surface area (Å²) in [4.78, 5) is 6.72. The first-order chi connectivity index (χ1) is 8.66. The fraction of sp³-hybridized carbons (Fsp3) is 0.286. The Morgan fingerprint density at radius 2 is 2.05 bits per heavy atom. The minimum atomic E-state index is 0. The van der Waals surface area contributed by atoms with E-state index >= 15 is 0 Å². The van der Waals surface area contributed by atoms with Crippen LogP contribution in [0.25, 0.3) is 0 Å². The second-order valence-electron chi connectivity index (χ2n) is 4.70. The molecule has 1 aliphatic heterocycles. The maximum absolute atomic E-state index is 5.93. The number of para-hydroxylation sites is 1. The maximum atomic E-state index is 5.93. The zero-order chi connectivity index (χ0) is 12.7. The standard InChI is InChI=1S/C14H16N4.HI/c1-10-9-13(16-14(15)17(10)2)18-8-7-11-5-3-4-6-12(11)18;/h3-6,9,15H,7-8H2,1-2H3;1H. The average Bonchev–Trinajstić information content (AvgIpc) is 2.79. The van der Waals surface area contributed by atoms with E-state index in [0.717, 1.165) is 24.5 Å². The number of hydrogen-bond donors (Lipinski definition) is 1. The molecule has 100 valence electrons. The predicted octanol–water partition coefficient (Wildman–Crippen LogP) is -1.51. The molecule has 2 aromatic rings. The molecular weight excluding hydrogens is 351 g/mol. The number of aromatic nitrogens is 2. The van der Waals surface area contributed by atoms with Gasteiger partial charge in [0.05, 0.1) is 12.7 Å². The van der Waals surface area contributed by atoms with Crippen LogP contribution in [0.4, 0.5) is 17.5 Å². The van der Waals surface area contributed by atoms with E-state index in [4.69, 9.17) is 5.73 Å². The van der Waals surface area contributed by atoms with Gasteiger partial charge in [-0.1, -0.05) is 23.2 Å². The minimum Gasteiger partial charge on any atom is -1.00 e. The molecule has 0 amide bonds. The smallest absolute Gasteiger partial charge is 0.391 e. The molecule has 0 saturated heterocycles. The third-order valence-corrected chi connectivity index (χ3v) is 3.60. The first-order valence-corrected chi connectivity index (χ1v) is 6.15. The van der Waals surface area contributed by atoms with Crippen molar-refractivity contribution in [3.05, 3.63) is 41.6 Å². The number of fused-ring (bicyclic) bond motifs is 1. The van der Waals surface area contributed by atoms with Gasteiger partial charge in [0.25, 0.3) is 0 Å². The Balaban J connectivity index is 0.00000133. The molecule has 3 rings (SSSR count). The van der Waals surface area contributed by atoms with Crippen molar-refractivity contribution in [2.75, 3.05) is 17.2 Å². The number of nitrogens with zero attached hydrogens (tertiary/aromatic N) is 3. The highest BCUT2D eigenvalue weighted by atomic mass is 127. The van der Waals surface area contributed by atoms with Crippen LogP contribution in [0.5, 0.6) is 0 Å². The highest BCUT2D eigenvalue weighted by molar-refractivity contribution is 5.67. The van der Waals surface area contributed by atoms with Gasteiger partial charge in [0, 0.05) is 18.3 Å². The third kappa shape index (κ3) is 2.39. The second kappa shape index (κ2) is 5.32. The number of nitrogens with two attached hydrogens (primary N) is 1. The fourth-order valence-corrected chi connectivity index (χ4v) is 2.40. The van der Waals surface area contributed by atoms with Gasteiger partial charge in [-0.05, 0) is 25.0 Å². The molecule has 0 fully saturated rings. The lowest BCUT2D eigenvalue weighted by molar-refractivity contribution is -0.665. The summed E-state index contributed by atoms with van der Waals surface area (Å²) in [6, 6.07) is 10.5. The van der Waals surface area contributed by atoms with E-state index in [1.807, 2.05) is 18.5 Å². The van der Waals surface area contributed by atoms with Crippen LogP contribution >= 0.6 is 0 Å². The number of rotatable bonds is 1. The van der Waals surface area contributed by atoms with Crippen molar-refractivity contribution in [2.45, 2.75) is 13.3 Å². The maximum Gasteiger partial charge on any atom is 0.391 e. The molecule has 0 bridgehead atoms. The summed E-state index contributed by atoms with van der Waals surface area (Å²) < 4.78 is 1.89. The highest BCUT2D eigenvalue weighted by Gasteiger charge is 2.24. The van der Waals surface area contributed by atoms with Gasteiger partial charge in [-0.25, -0.2) is 4.57 Å². The van der Waals surface area contributed by atoms with Gasteiger partial charge in [0.15, 0.2) is 0 Å². The van der Waals surface area contributed by atoms with Gasteiger partial charge in [0.1, 0.15) is 0 Å². The van der Waals surface area contributed by atoms with E-state index in [0.29, 0.717) is 5.95 Å². The third-order valence-electron chi connectivity index (χ3n) is 3.60. The van der Waals surface area contributed by atoms with E-state index in [9.17, 15) is 0 Å². The van der Waals surface area contributed by atoms with Crippen molar-refractivity contribution in [1.82, 2.24) is 4.98 Å². The summed E-state index contributed by atoms with van der Waals surface area (Å²) in [7, 11) is 1.93. The zero-order valence-electron chi connectivity index (χ0n) is 11.1. The van der Waals surface area contributed by atoms with E-state index in [2.05, 4.69) is 40.2 Å². The number of hydrogen-bond acceptors (Lipinski definition) is 3. The Kier molecular flexibility index (Phi) is 3.93. The predicted molar refractivity (Wildman–Crippen MR) is 71.7 cm³/mol. The first kappa shape index (κ1) is 14.0. The highest BCUT2D eigenvalue weighted by Crippen LogP contribution is 2.33. The van der Waals surface area contributed by atoms with Crippen molar-refractivity contribution in [2.24, 2.45) is 7.05 Å². The van der Waals surface area contributed by atoms with Gasteiger partial charge >= 0.3 is 5.95 Å². The van der Waals surface area contributed by atoms with Crippen LogP contribution in [-0.4, -0.2) is 11.5 Å². The lowest BCUT2D eigenvalue weighted by Gasteiger charge is -2.16. The molecule has 0 aliphatic carbocycles. The Morgan fingerprint density at radius 1 is 1.32 bits per heavy atom. The molecule has 0 unspecified atom stereocenters. The number of aryl methyl sites for hydroxylation is 1. The van der Waals surface area contributed by atoms with Gasteiger partial charge in [-0.15, -0.1) is 0 Å². The van der Waals surface area contributed by atoms with Crippen LogP contribution in [0.3, 0.4) is 0 Å². The summed E-state index contributed by atoms with van der Waals surface area (Å²) in [6.45, 7) is 3.02. The quantitative estimate of drug-likeness (QED) is 0.492. The van der Waals surface area contributed by atoms with Crippen LogP contribution in [0, 0.1) is 6.92 Å². The Hall–Kier alpha value is -1.37.